The zero-order chi connectivity index (χ0) is 25.1. The van der Waals surface area contributed by atoms with Crippen molar-refractivity contribution in [3.8, 4) is 5.75 Å². The second-order valence-corrected chi connectivity index (χ2v) is 8.92. The SMILES string of the molecule is CCCCOC(=O)C1=C(C)NC2=C(C(=O)C[C@@H](c3ccccc3)C2)[C@@H]1c1ccc(O)c([N+](=O)[O-])c1. The Morgan fingerprint density at radius 1 is 1.17 bits per heavy atom. The smallest absolute Gasteiger partial charge is 0.336 e. The Morgan fingerprint density at radius 3 is 2.60 bits per heavy atom. The molecule has 8 heteroatoms. The molecule has 1 aliphatic heterocycles. The van der Waals surface area contributed by atoms with Crippen molar-refractivity contribution in [1.82, 2.24) is 5.32 Å². The molecule has 2 aliphatic rings. The van der Waals surface area contributed by atoms with Gasteiger partial charge in [0.25, 0.3) is 0 Å². The molecule has 0 spiro atoms. The van der Waals surface area contributed by atoms with Gasteiger partial charge in [0.05, 0.1) is 17.1 Å². The number of nitrogens with one attached hydrogen (secondary N) is 1. The zero-order valence-electron chi connectivity index (χ0n) is 19.7. The Morgan fingerprint density at radius 2 is 1.91 bits per heavy atom. The maximum absolute atomic E-state index is 13.6. The normalized spacial score (nSPS) is 19.8. The van der Waals surface area contributed by atoms with E-state index in [0.29, 0.717) is 35.4 Å². The van der Waals surface area contributed by atoms with Gasteiger partial charge in [-0.25, -0.2) is 4.79 Å². The summed E-state index contributed by atoms with van der Waals surface area (Å²) < 4.78 is 5.50. The molecule has 0 radical (unpaired) electrons. The highest BCUT2D eigenvalue weighted by molar-refractivity contribution is 6.04. The summed E-state index contributed by atoms with van der Waals surface area (Å²) in [5.74, 6) is -2.01. The Hall–Kier alpha value is -3.94. The number of phenolic OH excluding ortho intramolecular Hbond substituents is 1. The van der Waals surface area contributed by atoms with Crippen LogP contribution in [0.3, 0.4) is 0 Å². The number of esters is 1. The van der Waals surface area contributed by atoms with Crippen LogP contribution in [0, 0.1) is 10.1 Å². The number of nitro groups is 1. The number of Topliss-reactive ketones (excluding diaryl/α,β-unsaturated/α-hetero) is 1. The van der Waals surface area contributed by atoms with E-state index in [4.69, 9.17) is 4.74 Å². The predicted octanol–water partition coefficient (Wildman–Crippen LogP) is 5.01. The van der Waals surface area contributed by atoms with Gasteiger partial charge in [-0.15, -0.1) is 0 Å². The van der Waals surface area contributed by atoms with E-state index in [0.717, 1.165) is 12.0 Å². The number of carbonyl (C=O) groups excluding carboxylic acids is 2. The number of nitrogens with zero attached hydrogens (tertiary/aromatic N) is 1. The number of aromatic hydroxyl groups is 1. The monoisotopic (exact) mass is 476 g/mol. The number of allylic oxidation sites excluding steroid dienone is 3. The van der Waals surface area contributed by atoms with Gasteiger partial charge in [0.2, 0.25) is 0 Å². The number of dihydropyridines is 1. The minimum absolute atomic E-state index is 0.0180. The summed E-state index contributed by atoms with van der Waals surface area (Å²) in [6.45, 7) is 3.98. The van der Waals surface area contributed by atoms with E-state index in [9.17, 15) is 24.8 Å². The third-order valence-electron chi connectivity index (χ3n) is 6.58. The minimum atomic E-state index is -0.830. The maximum atomic E-state index is 13.6. The Bertz CT molecular complexity index is 1230. The molecule has 0 aromatic heterocycles. The lowest BCUT2D eigenvalue weighted by Crippen LogP contribution is -2.36. The lowest BCUT2D eigenvalue weighted by atomic mass is 9.71. The minimum Gasteiger partial charge on any atom is -0.502 e. The fourth-order valence-corrected chi connectivity index (χ4v) is 4.86. The number of ketones is 1. The lowest BCUT2D eigenvalue weighted by molar-refractivity contribution is -0.385. The van der Waals surface area contributed by atoms with Gasteiger partial charge in [-0.05, 0) is 42.9 Å². The first-order valence-corrected chi connectivity index (χ1v) is 11.7. The average Bonchev–Trinajstić information content (AvgIpc) is 2.83. The van der Waals surface area contributed by atoms with Gasteiger partial charge < -0.3 is 15.2 Å². The first-order chi connectivity index (χ1) is 16.8. The third kappa shape index (κ3) is 4.82. The number of carbonyl (C=O) groups is 2. The van der Waals surface area contributed by atoms with Gasteiger partial charge >= 0.3 is 11.7 Å². The van der Waals surface area contributed by atoms with Crippen molar-refractivity contribution >= 4 is 17.4 Å². The topological polar surface area (TPSA) is 119 Å². The van der Waals surface area contributed by atoms with Crippen LogP contribution in [-0.2, 0) is 14.3 Å². The van der Waals surface area contributed by atoms with Crippen molar-refractivity contribution in [1.29, 1.82) is 0 Å². The number of benzene rings is 2. The van der Waals surface area contributed by atoms with Crippen LogP contribution in [0.25, 0.3) is 0 Å². The summed E-state index contributed by atoms with van der Waals surface area (Å²) >= 11 is 0. The van der Waals surface area contributed by atoms with Gasteiger partial charge in [-0.3, -0.25) is 14.9 Å². The van der Waals surface area contributed by atoms with Gasteiger partial charge in [0.1, 0.15) is 0 Å². The predicted molar refractivity (Wildman–Crippen MR) is 130 cm³/mol. The highest BCUT2D eigenvalue weighted by atomic mass is 16.6. The molecule has 1 heterocycles. The molecule has 182 valence electrons. The number of rotatable bonds is 7. The molecule has 2 aromatic rings. The average molecular weight is 477 g/mol. The van der Waals surface area contributed by atoms with E-state index in [1.165, 1.54) is 18.2 Å². The molecule has 1 aliphatic carbocycles. The molecule has 8 nitrogen and oxygen atoms in total. The van der Waals surface area contributed by atoms with Gasteiger partial charge in [-0.1, -0.05) is 49.7 Å². The second-order valence-electron chi connectivity index (χ2n) is 8.92. The molecule has 2 aromatic carbocycles. The number of ether oxygens (including phenoxy) is 1. The van der Waals surface area contributed by atoms with E-state index >= 15 is 0 Å². The summed E-state index contributed by atoms with van der Waals surface area (Å²) in [7, 11) is 0. The van der Waals surface area contributed by atoms with Gasteiger partial charge in [-0.2, -0.15) is 0 Å². The van der Waals surface area contributed by atoms with Crippen LogP contribution in [0.15, 0.2) is 71.1 Å². The van der Waals surface area contributed by atoms with Gasteiger partial charge in [0, 0.05) is 35.4 Å². The van der Waals surface area contributed by atoms with Crippen LogP contribution in [0.5, 0.6) is 5.75 Å². The van der Waals surface area contributed by atoms with Crippen molar-refractivity contribution in [2.45, 2.75) is 51.4 Å². The molecule has 4 rings (SSSR count). The van der Waals surface area contributed by atoms with Crippen LogP contribution < -0.4 is 5.32 Å². The van der Waals surface area contributed by atoms with Crippen LogP contribution >= 0.6 is 0 Å². The lowest BCUT2D eigenvalue weighted by Gasteiger charge is -2.36. The highest BCUT2D eigenvalue weighted by Crippen LogP contribution is 2.46. The van der Waals surface area contributed by atoms with Crippen molar-refractivity contribution in [2.24, 2.45) is 0 Å². The maximum Gasteiger partial charge on any atom is 0.336 e. The van der Waals surface area contributed by atoms with E-state index in [1.54, 1.807) is 6.92 Å². The molecule has 0 amide bonds. The standard InChI is InChI=1S/C27H28N2O6/c1-3-4-12-35-27(32)24-16(2)28-20-13-19(17-8-6-5-7-9-17)15-23(31)26(20)25(24)18-10-11-22(30)21(14-18)29(33)34/h5-11,14,19,25,28,30H,3-4,12-13,15H2,1-2H3/t19-,25+/m0/s1. The van der Waals surface area contributed by atoms with Crippen LogP contribution in [0.1, 0.15) is 62.5 Å². The van der Waals surface area contributed by atoms with Gasteiger partial charge in [0.15, 0.2) is 11.5 Å². The number of phenols is 1. The molecule has 35 heavy (non-hydrogen) atoms. The van der Waals surface area contributed by atoms with E-state index in [-0.39, 0.29) is 30.3 Å². The van der Waals surface area contributed by atoms with Crippen molar-refractivity contribution < 1.29 is 24.4 Å². The number of unbranched alkanes of at least 4 members (excludes halogenated alkanes) is 1. The van der Waals surface area contributed by atoms with E-state index in [2.05, 4.69) is 5.32 Å². The Kier molecular flexibility index (Phi) is 7.00. The third-order valence-corrected chi connectivity index (χ3v) is 6.58. The second kappa shape index (κ2) is 10.1. The molecule has 2 N–H and O–H groups in total. The van der Waals surface area contributed by atoms with Crippen molar-refractivity contribution in [3.05, 3.63) is 92.3 Å². The van der Waals surface area contributed by atoms with Crippen LogP contribution in [0.4, 0.5) is 5.69 Å². The fraction of sp³-hybridized carbons (Fsp3) is 0.333. The molecule has 2 atom stereocenters. The van der Waals surface area contributed by atoms with E-state index < -0.39 is 28.2 Å². The number of hydrogen-bond donors (Lipinski definition) is 2. The first kappa shape index (κ1) is 24.2. The summed E-state index contributed by atoms with van der Waals surface area (Å²) in [4.78, 5) is 37.6. The molecule has 0 fully saturated rings. The zero-order valence-corrected chi connectivity index (χ0v) is 19.7. The van der Waals surface area contributed by atoms with Crippen molar-refractivity contribution in [2.75, 3.05) is 6.61 Å². The molecular formula is C27H28N2O6. The summed E-state index contributed by atoms with van der Waals surface area (Å²) in [5.41, 5.74) is 2.89. The highest BCUT2D eigenvalue weighted by Gasteiger charge is 2.42. The molecule has 0 bridgehead atoms. The fourth-order valence-electron chi connectivity index (χ4n) is 4.86. The summed E-state index contributed by atoms with van der Waals surface area (Å²) in [5, 5.41) is 24.8. The van der Waals surface area contributed by atoms with Crippen LogP contribution in [-0.4, -0.2) is 28.4 Å². The molecule has 0 saturated heterocycles. The largest absolute Gasteiger partial charge is 0.502 e. The Labute approximate surface area is 203 Å². The quantitative estimate of drug-likeness (QED) is 0.250. The first-order valence-electron chi connectivity index (χ1n) is 11.7. The Balaban J connectivity index is 1.81. The van der Waals surface area contributed by atoms with Crippen LogP contribution in [0.2, 0.25) is 0 Å². The van der Waals surface area contributed by atoms with E-state index in [1.807, 2.05) is 37.3 Å². The number of nitro benzene ring substituents is 1. The van der Waals surface area contributed by atoms with Crippen molar-refractivity contribution in [3.63, 3.8) is 0 Å². The summed E-state index contributed by atoms with van der Waals surface area (Å²) in [6, 6.07) is 13.8. The molecular weight excluding hydrogens is 448 g/mol. The summed E-state index contributed by atoms with van der Waals surface area (Å²) in [6.07, 6.45) is 2.38. The molecule has 0 saturated carbocycles. The molecule has 0 unspecified atom stereocenters. The number of hydrogen-bond acceptors (Lipinski definition) is 7.